The van der Waals surface area contributed by atoms with Crippen molar-refractivity contribution >= 4 is 6.03 Å². The van der Waals surface area contributed by atoms with E-state index in [4.69, 9.17) is 4.74 Å². The van der Waals surface area contributed by atoms with Crippen molar-refractivity contribution in [1.29, 1.82) is 0 Å². The molecule has 5 heteroatoms. The molecule has 1 aliphatic heterocycles. The summed E-state index contributed by atoms with van der Waals surface area (Å²) >= 11 is 0. The molecule has 0 saturated carbocycles. The van der Waals surface area contributed by atoms with Crippen LogP contribution < -0.4 is 10.1 Å². The minimum atomic E-state index is -0.00175. The van der Waals surface area contributed by atoms with Crippen LogP contribution >= 0.6 is 0 Å². The van der Waals surface area contributed by atoms with Crippen LogP contribution in [0.15, 0.2) is 18.3 Å². The van der Waals surface area contributed by atoms with Gasteiger partial charge in [0.15, 0.2) is 0 Å². The van der Waals surface area contributed by atoms with E-state index < -0.39 is 0 Å². The number of aromatic nitrogens is 1. The largest absolute Gasteiger partial charge is 0.481 e. The molecule has 19 heavy (non-hydrogen) atoms. The maximum absolute atomic E-state index is 12.1. The van der Waals surface area contributed by atoms with Crippen LogP contribution in [0.1, 0.15) is 31.7 Å². The number of hydrogen-bond acceptors (Lipinski definition) is 3. The predicted molar refractivity (Wildman–Crippen MR) is 73.0 cm³/mol. The van der Waals surface area contributed by atoms with Crippen LogP contribution in [-0.2, 0) is 6.54 Å². The predicted octanol–water partition coefficient (Wildman–Crippen LogP) is 2.17. The minimum absolute atomic E-state index is 0.00175. The SMILES string of the molecule is COc1ncccc1CNC(=O)N1CCCCC1C. The van der Waals surface area contributed by atoms with E-state index in [-0.39, 0.29) is 6.03 Å². The number of piperidine rings is 1. The smallest absolute Gasteiger partial charge is 0.317 e. The minimum Gasteiger partial charge on any atom is -0.481 e. The molecule has 104 valence electrons. The van der Waals surface area contributed by atoms with Gasteiger partial charge in [-0.2, -0.15) is 0 Å². The van der Waals surface area contributed by atoms with Gasteiger partial charge in [-0.05, 0) is 32.3 Å². The fourth-order valence-electron chi connectivity index (χ4n) is 2.41. The maximum atomic E-state index is 12.1. The number of carbonyl (C=O) groups excluding carboxylic acids is 1. The first-order chi connectivity index (χ1) is 9.22. The quantitative estimate of drug-likeness (QED) is 0.909. The van der Waals surface area contributed by atoms with Gasteiger partial charge >= 0.3 is 6.03 Å². The molecule has 0 bridgehead atoms. The van der Waals surface area contributed by atoms with Crippen LogP contribution in [0, 0.1) is 0 Å². The van der Waals surface area contributed by atoms with Crippen molar-refractivity contribution in [3.8, 4) is 5.88 Å². The van der Waals surface area contributed by atoms with Gasteiger partial charge in [0.2, 0.25) is 5.88 Å². The number of nitrogens with one attached hydrogen (secondary N) is 1. The Labute approximate surface area is 114 Å². The van der Waals surface area contributed by atoms with Gasteiger partial charge in [-0.1, -0.05) is 6.07 Å². The summed E-state index contributed by atoms with van der Waals surface area (Å²) in [7, 11) is 1.58. The average molecular weight is 263 g/mol. The number of nitrogens with zero attached hydrogens (tertiary/aromatic N) is 2. The molecule has 1 unspecified atom stereocenters. The molecule has 1 aliphatic rings. The van der Waals surface area contributed by atoms with Gasteiger partial charge < -0.3 is 15.0 Å². The van der Waals surface area contributed by atoms with Gasteiger partial charge in [-0.25, -0.2) is 9.78 Å². The second-order valence-electron chi connectivity index (χ2n) is 4.87. The number of rotatable bonds is 3. The lowest BCUT2D eigenvalue weighted by Gasteiger charge is -2.33. The Bertz CT molecular complexity index is 436. The van der Waals surface area contributed by atoms with E-state index in [1.807, 2.05) is 17.0 Å². The lowest BCUT2D eigenvalue weighted by Crippen LogP contribution is -2.47. The Balaban J connectivity index is 1.92. The normalized spacial score (nSPS) is 19.1. The average Bonchev–Trinajstić information content (AvgIpc) is 2.45. The maximum Gasteiger partial charge on any atom is 0.317 e. The number of ether oxygens (including phenoxy) is 1. The van der Waals surface area contributed by atoms with Crippen LogP contribution in [0.2, 0.25) is 0 Å². The van der Waals surface area contributed by atoms with Crippen molar-refractivity contribution in [2.45, 2.75) is 38.8 Å². The van der Waals surface area contributed by atoms with Gasteiger partial charge in [0, 0.05) is 30.9 Å². The van der Waals surface area contributed by atoms with Crippen molar-refractivity contribution in [2.24, 2.45) is 0 Å². The Hall–Kier alpha value is -1.78. The molecular weight excluding hydrogens is 242 g/mol. The molecule has 2 heterocycles. The molecule has 1 aromatic heterocycles. The number of urea groups is 1. The number of carbonyl (C=O) groups is 1. The van der Waals surface area contributed by atoms with Crippen molar-refractivity contribution in [2.75, 3.05) is 13.7 Å². The molecule has 1 fully saturated rings. The van der Waals surface area contributed by atoms with Crippen LogP contribution in [0.3, 0.4) is 0 Å². The van der Waals surface area contributed by atoms with Crippen molar-refractivity contribution in [1.82, 2.24) is 15.2 Å². The Morgan fingerprint density at radius 2 is 2.42 bits per heavy atom. The standard InChI is InChI=1S/C14H21N3O2/c1-11-6-3-4-9-17(11)14(18)16-10-12-7-5-8-15-13(12)19-2/h5,7-8,11H,3-4,6,9-10H2,1-2H3,(H,16,18). The number of amides is 2. The summed E-state index contributed by atoms with van der Waals surface area (Å²) in [6.07, 6.45) is 5.07. The van der Waals surface area contributed by atoms with Gasteiger partial charge in [0.1, 0.15) is 0 Å². The summed E-state index contributed by atoms with van der Waals surface area (Å²) in [6, 6.07) is 4.07. The molecule has 1 atom stereocenters. The number of methoxy groups -OCH3 is 1. The van der Waals surface area contributed by atoms with Crippen LogP contribution in [-0.4, -0.2) is 35.6 Å². The van der Waals surface area contributed by atoms with Crippen LogP contribution in [0.4, 0.5) is 4.79 Å². The second kappa shape index (κ2) is 6.41. The Kier molecular flexibility index (Phi) is 4.60. The lowest BCUT2D eigenvalue weighted by atomic mass is 10.0. The van der Waals surface area contributed by atoms with Crippen molar-refractivity contribution in [3.63, 3.8) is 0 Å². The zero-order chi connectivity index (χ0) is 13.7. The number of pyridine rings is 1. The van der Waals surface area contributed by atoms with Crippen LogP contribution in [0.5, 0.6) is 5.88 Å². The van der Waals surface area contributed by atoms with E-state index in [2.05, 4.69) is 17.2 Å². The molecule has 1 N–H and O–H groups in total. The van der Waals surface area contributed by atoms with E-state index in [0.717, 1.165) is 24.9 Å². The Morgan fingerprint density at radius 1 is 1.58 bits per heavy atom. The summed E-state index contributed by atoms with van der Waals surface area (Å²) in [4.78, 5) is 18.2. The van der Waals surface area contributed by atoms with E-state index in [1.165, 1.54) is 6.42 Å². The van der Waals surface area contributed by atoms with Gasteiger partial charge in [-0.15, -0.1) is 0 Å². The third-order valence-corrected chi connectivity index (χ3v) is 3.54. The highest BCUT2D eigenvalue weighted by Crippen LogP contribution is 2.17. The molecular formula is C14H21N3O2. The van der Waals surface area contributed by atoms with Gasteiger partial charge in [-0.3, -0.25) is 0 Å². The third-order valence-electron chi connectivity index (χ3n) is 3.54. The summed E-state index contributed by atoms with van der Waals surface area (Å²) in [5.41, 5.74) is 0.892. The van der Waals surface area contributed by atoms with Crippen molar-refractivity contribution in [3.05, 3.63) is 23.9 Å². The number of hydrogen-bond donors (Lipinski definition) is 1. The van der Waals surface area contributed by atoms with Gasteiger partial charge in [0.05, 0.1) is 7.11 Å². The first-order valence-electron chi connectivity index (χ1n) is 6.74. The highest BCUT2D eigenvalue weighted by Gasteiger charge is 2.22. The summed E-state index contributed by atoms with van der Waals surface area (Å²) < 4.78 is 5.17. The first-order valence-corrected chi connectivity index (χ1v) is 6.74. The van der Waals surface area contributed by atoms with E-state index in [0.29, 0.717) is 18.5 Å². The summed E-state index contributed by atoms with van der Waals surface area (Å²) in [5.74, 6) is 0.564. The molecule has 1 saturated heterocycles. The third kappa shape index (κ3) is 3.36. The second-order valence-corrected chi connectivity index (χ2v) is 4.87. The zero-order valence-electron chi connectivity index (χ0n) is 11.6. The van der Waals surface area contributed by atoms with E-state index >= 15 is 0 Å². The fourth-order valence-corrected chi connectivity index (χ4v) is 2.41. The van der Waals surface area contributed by atoms with E-state index in [9.17, 15) is 4.79 Å². The summed E-state index contributed by atoms with van der Waals surface area (Å²) in [5, 5.41) is 2.94. The molecule has 0 aliphatic carbocycles. The van der Waals surface area contributed by atoms with Crippen LogP contribution in [0.25, 0.3) is 0 Å². The zero-order valence-corrected chi connectivity index (χ0v) is 11.6. The topological polar surface area (TPSA) is 54.5 Å². The monoisotopic (exact) mass is 263 g/mol. The van der Waals surface area contributed by atoms with E-state index in [1.54, 1.807) is 13.3 Å². The molecule has 1 aromatic rings. The first kappa shape index (κ1) is 13.6. The summed E-state index contributed by atoms with van der Waals surface area (Å²) in [6.45, 7) is 3.39. The molecule has 0 spiro atoms. The molecule has 0 aromatic carbocycles. The fraction of sp³-hybridized carbons (Fsp3) is 0.571. The molecule has 2 amide bonds. The Morgan fingerprint density at radius 3 is 3.16 bits per heavy atom. The molecule has 2 rings (SSSR count). The molecule has 5 nitrogen and oxygen atoms in total. The molecule has 0 radical (unpaired) electrons. The highest BCUT2D eigenvalue weighted by molar-refractivity contribution is 5.74. The highest BCUT2D eigenvalue weighted by atomic mass is 16.5. The number of likely N-dealkylation sites (tertiary alicyclic amines) is 1. The lowest BCUT2D eigenvalue weighted by molar-refractivity contribution is 0.157. The van der Waals surface area contributed by atoms with Crippen molar-refractivity contribution < 1.29 is 9.53 Å². The van der Waals surface area contributed by atoms with Gasteiger partial charge in [0.25, 0.3) is 0 Å².